The van der Waals surface area contributed by atoms with E-state index in [-0.39, 0.29) is 5.91 Å². The van der Waals surface area contributed by atoms with Crippen molar-refractivity contribution in [3.05, 3.63) is 28.7 Å². The van der Waals surface area contributed by atoms with E-state index in [0.29, 0.717) is 18.5 Å². The number of benzene rings is 1. The van der Waals surface area contributed by atoms with Gasteiger partial charge in [0.1, 0.15) is 0 Å². The van der Waals surface area contributed by atoms with Gasteiger partial charge in [-0.05, 0) is 53.7 Å². The lowest BCUT2D eigenvalue weighted by atomic mass is 9.93. The Hall–Kier alpha value is -0.870. The predicted octanol–water partition coefficient (Wildman–Crippen LogP) is 4.34. The van der Waals surface area contributed by atoms with Crippen molar-refractivity contribution >= 4 is 27.5 Å². The summed E-state index contributed by atoms with van der Waals surface area (Å²) in [6.45, 7) is 2.58. The Balaban J connectivity index is 1.76. The van der Waals surface area contributed by atoms with Crippen LogP contribution in [0.5, 0.6) is 0 Å². The van der Waals surface area contributed by atoms with Gasteiger partial charge in [-0.15, -0.1) is 0 Å². The molecule has 0 saturated heterocycles. The monoisotopic (exact) mass is 352 g/mol. The summed E-state index contributed by atoms with van der Waals surface area (Å²) in [6, 6.07) is 8.09. The standard InChI is InChI=1S/C17H25BrN2O/c1-13(14-8-4-2-3-5-9-14)19-12-17(21)20-16-11-7-6-10-15(16)18/h6-7,10-11,13-14,19H,2-5,8-9,12H2,1H3,(H,20,21)/t13-/m0/s1. The fourth-order valence-corrected chi connectivity index (χ4v) is 3.37. The number of carbonyl (C=O) groups is 1. The Bertz CT molecular complexity index is 456. The van der Waals surface area contributed by atoms with Crippen molar-refractivity contribution in [2.45, 2.75) is 51.5 Å². The molecular formula is C17H25BrN2O. The summed E-state index contributed by atoms with van der Waals surface area (Å²) in [7, 11) is 0. The molecule has 2 N–H and O–H groups in total. The predicted molar refractivity (Wildman–Crippen MR) is 91.4 cm³/mol. The highest BCUT2D eigenvalue weighted by Crippen LogP contribution is 2.25. The van der Waals surface area contributed by atoms with Crippen molar-refractivity contribution in [2.24, 2.45) is 5.92 Å². The normalized spacial score (nSPS) is 18.0. The molecule has 1 aromatic carbocycles. The second-order valence-corrected chi connectivity index (χ2v) is 6.80. The number of nitrogens with one attached hydrogen (secondary N) is 2. The Morgan fingerprint density at radius 3 is 2.57 bits per heavy atom. The number of hydrogen-bond donors (Lipinski definition) is 2. The van der Waals surface area contributed by atoms with E-state index in [9.17, 15) is 4.79 Å². The SMILES string of the molecule is C[C@H](NCC(=O)Nc1ccccc1Br)C1CCCCCC1. The van der Waals surface area contributed by atoms with Crippen LogP contribution in [-0.4, -0.2) is 18.5 Å². The molecule has 21 heavy (non-hydrogen) atoms. The van der Waals surface area contributed by atoms with E-state index in [1.165, 1.54) is 38.5 Å². The van der Waals surface area contributed by atoms with E-state index in [4.69, 9.17) is 0 Å². The minimum atomic E-state index is 0.0161. The number of hydrogen-bond acceptors (Lipinski definition) is 2. The zero-order valence-electron chi connectivity index (χ0n) is 12.7. The molecule has 0 unspecified atom stereocenters. The van der Waals surface area contributed by atoms with Gasteiger partial charge in [0.05, 0.1) is 12.2 Å². The average molecular weight is 353 g/mol. The van der Waals surface area contributed by atoms with Crippen molar-refractivity contribution in [2.75, 3.05) is 11.9 Å². The Labute approximate surface area is 136 Å². The molecule has 4 heteroatoms. The molecular weight excluding hydrogens is 328 g/mol. The molecule has 0 bridgehead atoms. The van der Waals surface area contributed by atoms with Gasteiger partial charge in [-0.25, -0.2) is 0 Å². The lowest BCUT2D eigenvalue weighted by Gasteiger charge is -2.23. The van der Waals surface area contributed by atoms with Crippen LogP contribution in [0.2, 0.25) is 0 Å². The van der Waals surface area contributed by atoms with E-state index in [1.807, 2.05) is 24.3 Å². The molecule has 0 radical (unpaired) electrons. The van der Waals surface area contributed by atoms with Crippen molar-refractivity contribution in [1.82, 2.24) is 5.32 Å². The third-order valence-corrected chi connectivity index (χ3v) is 5.03. The number of anilines is 1. The van der Waals surface area contributed by atoms with Crippen LogP contribution < -0.4 is 10.6 Å². The molecule has 0 heterocycles. The molecule has 1 atom stereocenters. The second kappa shape index (κ2) is 8.54. The first kappa shape index (κ1) is 16.5. The maximum atomic E-state index is 12.0. The minimum absolute atomic E-state index is 0.0161. The van der Waals surface area contributed by atoms with Crippen LogP contribution >= 0.6 is 15.9 Å². The van der Waals surface area contributed by atoms with Crippen molar-refractivity contribution in [1.29, 1.82) is 0 Å². The minimum Gasteiger partial charge on any atom is -0.324 e. The van der Waals surface area contributed by atoms with Gasteiger partial charge in [-0.2, -0.15) is 0 Å². The number of para-hydroxylation sites is 1. The summed E-state index contributed by atoms with van der Waals surface area (Å²) in [5.41, 5.74) is 0.825. The van der Waals surface area contributed by atoms with Crippen LogP contribution in [0.4, 0.5) is 5.69 Å². The van der Waals surface area contributed by atoms with Gasteiger partial charge in [0, 0.05) is 10.5 Å². The Morgan fingerprint density at radius 1 is 1.24 bits per heavy atom. The first-order valence-corrected chi connectivity index (χ1v) is 8.74. The highest BCUT2D eigenvalue weighted by Gasteiger charge is 2.19. The number of amides is 1. The summed E-state index contributed by atoms with van der Waals surface area (Å²) in [6.07, 6.45) is 7.98. The van der Waals surface area contributed by atoms with E-state index in [0.717, 1.165) is 10.2 Å². The number of halogens is 1. The third kappa shape index (κ3) is 5.44. The topological polar surface area (TPSA) is 41.1 Å². The lowest BCUT2D eigenvalue weighted by molar-refractivity contribution is -0.115. The first-order valence-electron chi connectivity index (χ1n) is 7.94. The van der Waals surface area contributed by atoms with Crippen LogP contribution in [0.3, 0.4) is 0 Å². The molecule has 0 aromatic heterocycles. The van der Waals surface area contributed by atoms with Gasteiger partial charge in [0.2, 0.25) is 5.91 Å². The summed E-state index contributed by atoms with van der Waals surface area (Å²) in [5.74, 6) is 0.728. The quantitative estimate of drug-likeness (QED) is 0.774. The zero-order chi connectivity index (χ0) is 15.1. The molecule has 0 spiro atoms. The summed E-state index contributed by atoms with van der Waals surface area (Å²) < 4.78 is 0.912. The van der Waals surface area contributed by atoms with E-state index >= 15 is 0 Å². The molecule has 1 aliphatic rings. The largest absolute Gasteiger partial charge is 0.324 e. The van der Waals surface area contributed by atoms with Crippen LogP contribution in [0.1, 0.15) is 45.4 Å². The molecule has 1 aliphatic carbocycles. The van der Waals surface area contributed by atoms with Crippen molar-refractivity contribution in [3.8, 4) is 0 Å². The smallest absolute Gasteiger partial charge is 0.238 e. The summed E-state index contributed by atoms with van der Waals surface area (Å²) in [4.78, 5) is 12.0. The number of rotatable bonds is 5. The molecule has 1 aromatic rings. The zero-order valence-corrected chi connectivity index (χ0v) is 14.3. The van der Waals surface area contributed by atoms with Crippen molar-refractivity contribution < 1.29 is 4.79 Å². The van der Waals surface area contributed by atoms with Crippen LogP contribution in [-0.2, 0) is 4.79 Å². The van der Waals surface area contributed by atoms with Gasteiger partial charge < -0.3 is 10.6 Å². The van der Waals surface area contributed by atoms with E-state index < -0.39 is 0 Å². The van der Waals surface area contributed by atoms with Crippen LogP contribution in [0.25, 0.3) is 0 Å². The highest BCUT2D eigenvalue weighted by molar-refractivity contribution is 9.10. The van der Waals surface area contributed by atoms with E-state index in [1.54, 1.807) is 0 Å². The Kier molecular flexibility index (Phi) is 6.71. The second-order valence-electron chi connectivity index (χ2n) is 5.95. The fourth-order valence-electron chi connectivity index (χ4n) is 2.99. The van der Waals surface area contributed by atoms with Crippen molar-refractivity contribution in [3.63, 3.8) is 0 Å². The Morgan fingerprint density at radius 2 is 1.90 bits per heavy atom. The molecule has 116 valence electrons. The van der Waals surface area contributed by atoms with E-state index in [2.05, 4.69) is 33.5 Å². The lowest BCUT2D eigenvalue weighted by Crippen LogP contribution is -2.38. The summed E-state index contributed by atoms with van der Waals surface area (Å²) in [5, 5.41) is 6.32. The van der Waals surface area contributed by atoms with Gasteiger partial charge in [0.25, 0.3) is 0 Å². The van der Waals surface area contributed by atoms with Crippen LogP contribution in [0, 0.1) is 5.92 Å². The molecule has 2 rings (SSSR count). The molecule has 0 aliphatic heterocycles. The average Bonchev–Trinajstić information content (AvgIpc) is 2.76. The highest BCUT2D eigenvalue weighted by atomic mass is 79.9. The maximum Gasteiger partial charge on any atom is 0.238 e. The molecule has 1 fully saturated rings. The van der Waals surface area contributed by atoms with Gasteiger partial charge in [-0.3, -0.25) is 4.79 Å². The van der Waals surface area contributed by atoms with Gasteiger partial charge in [-0.1, -0.05) is 37.8 Å². The molecule has 1 amide bonds. The van der Waals surface area contributed by atoms with Gasteiger partial charge in [0.15, 0.2) is 0 Å². The van der Waals surface area contributed by atoms with Gasteiger partial charge >= 0.3 is 0 Å². The molecule has 3 nitrogen and oxygen atoms in total. The third-order valence-electron chi connectivity index (χ3n) is 4.34. The van der Waals surface area contributed by atoms with Crippen LogP contribution in [0.15, 0.2) is 28.7 Å². The maximum absolute atomic E-state index is 12.0. The number of carbonyl (C=O) groups excluding carboxylic acids is 1. The fraction of sp³-hybridized carbons (Fsp3) is 0.588. The molecule has 1 saturated carbocycles. The summed E-state index contributed by atoms with van der Waals surface area (Å²) >= 11 is 3.44. The first-order chi connectivity index (χ1) is 10.2.